The number of rotatable bonds is 8. The van der Waals surface area contributed by atoms with Crippen molar-refractivity contribution >= 4 is 16.7 Å². The average Bonchev–Trinajstić information content (AvgIpc) is 2.65. The first kappa shape index (κ1) is 17.7. The fourth-order valence-corrected chi connectivity index (χ4v) is 2.78. The highest BCUT2D eigenvalue weighted by Crippen LogP contribution is 2.29. The Balaban J connectivity index is 1.68. The van der Waals surface area contributed by atoms with E-state index in [1.54, 1.807) is 12.1 Å². The molecule has 3 rings (SSSR count). The number of carboxylic acids is 1. The Morgan fingerprint density at radius 2 is 1.65 bits per heavy atom. The van der Waals surface area contributed by atoms with Gasteiger partial charge in [0.2, 0.25) is 0 Å². The van der Waals surface area contributed by atoms with E-state index in [9.17, 15) is 9.18 Å². The molecule has 0 unspecified atom stereocenters. The van der Waals surface area contributed by atoms with E-state index in [0.717, 1.165) is 16.3 Å². The van der Waals surface area contributed by atoms with Crippen molar-refractivity contribution in [2.75, 3.05) is 13.2 Å². The third-order valence-corrected chi connectivity index (χ3v) is 4.01. The topological polar surface area (TPSA) is 55.8 Å². The molecular formula is C21H19FO4. The quantitative estimate of drug-likeness (QED) is 0.607. The summed E-state index contributed by atoms with van der Waals surface area (Å²) in [4.78, 5) is 11.0. The van der Waals surface area contributed by atoms with Crippen LogP contribution in [0.5, 0.6) is 11.5 Å². The molecule has 3 aromatic rings. The van der Waals surface area contributed by atoms with Gasteiger partial charge < -0.3 is 14.6 Å². The van der Waals surface area contributed by atoms with Crippen molar-refractivity contribution in [3.8, 4) is 11.5 Å². The number of benzene rings is 3. The smallest absolute Gasteiger partial charge is 0.303 e. The van der Waals surface area contributed by atoms with E-state index >= 15 is 0 Å². The predicted octanol–water partition coefficient (Wildman–Crippen LogP) is 4.45. The lowest BCUT2D eigenvalue weighted by molar-refractivity contribution is -0.136. The summed E-state index contributed by atoms with van der Waals surface area (Å²) in [6.07, 6.45) is 0.432. The number of aryl methyl sites for hydroxylation is 1. The van der Waals surface area contributed by atoms with Gasteiger partial charge in [0, 0.05) is 12.0 Å². The van der Waals surface area contributed by atoms with Gasteiger partial charge in [0.1, 0.15) is 30.5 Å². The Bertz CT molecular complexity index is 890. The SMILES string of the molecule is O=C(O)CCc1c(OCCOc2ccc(F)cc2)ccc2ccccc12. The van der Waals surface area contributed by atoms with Gasteiger partial charge in [0.05, 0.1) is 0 Å². The molecule has 0 radical (unpaired) electrons. The molecule has 0 heterocycles. The maximum atomic E-state index is 12.9. The number of carbonyl (C=O) groups is 1. The molecule has 0 aliphatic carbocycles. The van der Waals surface area contributed by atoms with Gasteiger partial charge in [-0.2, -0.15) is 0 Å². The van der Waals surface area contributed by atoms with E-state index in [0.29, 0.717) is 31.1 Å². The van der Waals surface area contributed by atoms with Crippen LogP contribution in [0, 0.1) is 5.82 Å². The normalized spacial score (nSPS) is 10.7. The Kier molecular flexibility index (Phi) is 5.69. The highest BCUT2D eigenvalue weighted by atomic mass is 19.1. The number of hydrogen-bond donors (Lipinski definition) is 1. The minimum absolute atomic E-state index is 0.0381. The second-order valence-electron chi connectivity index (χ2n) is 5.81. The van der Waals surface area contributed by atoms with E-state index in [2.05, 4.69) is 0 Å². The van der Waals surface area contributed by atoms with Crippen LogP contribution in [-0.2, 0) is 11.2 Å². The fourth-order valence-electron chi connectivity index (χ4n) is 2.78. The summed E-state index contributed by atoms with van der Waals surface area (Å²) in [6, 6.07) is 17.4. The Morgan fingerprint density at radius 3 is 2.42 bits per heavy atom. The lowest BCUT2D eigenvalue weighted by Crippen LogP contribution is -2.10. The molecule has 0 bridgehead atoms. The first-order valence-electron chi connectivity index (χ1n) is 8.37. The van der Waals surface area contributed by atoms with Crippen molar-refractivity contribution in [2.24, 2.45) is 0 Å². The molecule has 0 aliphatic heterocycles. The summed E-state index contributed by atoms with van der Waals surface area (Å²) in [6.45, 7) is 0.604. The van der Waals surface area contributed by atoms with Crippen molar-refractivity contribution in [2.45, 2.75) is 12.8 Å². The Morgan fingerprint density at radius 1 is 0.923 bits per heavy atom. The van der Waals surface area contributed by atoms with Crippen LogP contribution in [0.4, 0.5) is 4.39 Å². The minimum atomic E-state index is -0.844. The summed E-state index contributed by atoms with van der Waals surface area (Å²) in [5, 5.41) is 11.0. The van der Waals surface area contributed by atoms with Gasteiger partial charge in [-0.1, -0.05) is 30.3 Å². The zero-order valence-electron chi connectivity index (χ0n) is 14.2. The zero-order chi connectivity index (χ0) is 18.4. The Labute approximate surface area is 150 Å². The van der Waals surface area contributed by atoms with Crippen molar-refractivity contribution < 1.29 is 23.8 Å². The van der Waals surface area contributed by atoms with Crippen LogP contribution >= 0.6 is 0 Å². The summed E-state index contributed by atoms with van der Waals surface area (Å²) in [7, 11) is 0. The molecule has 0 fully saturated rings. The minimum Gasteiger partial charge on any atom is -0.490 e. The number of carboxylic acid groups (broad SMARTS) is 1. The van der Waals surface area contributed by atoms with E-state index in [1.807, 2.05) is 36.4 Å². The fraction of sp³-hybridized carbons (Fsp3) is 0.190. The lowest BCUT2D eigenvalue weighted by Gasteiger charge is -2.14. The largest absolute Gasteiger partial charge is 0.490 e. The number of fused-ring (bicyclic) bond motifs is 1. The number of aliphatic carboxylic acids is 1. The molecule has 0 aromatic heterocycles. The summed E-state index contributed by atoms with van der Waals surface area (Å²) in [5.41, 5.74) is 0.882. The van der Waals surface area contributed by atoms with Gasteiger partial charge in [-0.25, -0.2) is 4.39 Å². The number of ether oxygens (including phenoxy) is 2. The maximum Gasteiger partial charge on any atom is 0.303 e. The van der Waals surface area contributed by atoms with Gasteiger partial charge in [-0.3, -0.25) is 4.79 Å². The monoisotopic (exact) mass is 354 g/mol. The summed E-state index contributed by atoms with van der Waals surface area (Å²) >= 11 is 0. The highest BCUT2D eigenvalue weighted by molar-refractivity contribution is 5.88. The maximum absolute atomic E-state index is 12.9. The van der Waals surface area contributed by atoms with Crippen molar-refractivity contribution in [1.82, 2.24) is 0 Å². The summed E-state index contributed by atoms with van der Waals surface area (Å²) in [5.74, 6) is 0.0728. The zero-order valence-corrected chi connectivity index (χ0v) is 14.2. The van der Waals surface area contributed by atoms with E-state index in [-0.39, 0.29) is 12.2 Å². The van der Waals surface area contributed by atoms with Crippen LogP contribution in [0.2, 0.25) is 0 Å². The number of halogens is 1. The second kappa shape index (κ2) is 8.34. The molecule has 134 valence electrons. The standard InChI is InChI=1S/C21H19FO4/c22-16-6-8-17(9-7-16)25-13-14-26-20-11-5-15-3-1-2-4-18(15)19(20)10-12-21(23)24/h1-9,11H,10,12-14H2,(H,23,24). The first-order chi connectivity index (χ1) is 12.6. The van der Waals surface area contributed by atoms with Gasteiger partial charge in [0.15, 0.2) is 0 Å². The van der Waals surface area contributed by atoms with E-state index in [4.69, 9.17) is 14.6 Å². The second-order valence-corrected chi connectivity index (χ2v) is 5.81. The van der Waals surface area contributed by atoms with Gasteiger partial charge in [0.25, 0.3) is 0 Å². The predicted molar refractivity (Wildman–Crippen MR) is 97.3 cm³/mol. The van der Waals surface area contributed by atoms with E-state index in [1.165, 1.54) is 12.1 Å². The van der Waals surface area contributed by atoms with Crippen LogP contribution in [0.25, 0.3) is 10.8 Å². The van der Waals surface area contributed by atoms with Gasteiger partial charge in [-0.15, -0.1) is 0 Å². The van der Waals surface area contributed by atoms with Crippen molar-refractivity contribution in [3.63, 3.8) is 0 Å². The first-order valence-corrected chi connectivity index (χ1v) is 8.37. The number of hydrogen-bond acceptors (Lipinski definition) is 3. The van der Waals surface area contributed by atoms with Crippen LogP contribution in [0.1, 0.15) is 12.0 Å². The van der Waals surface area contributed by atoms with Gasteiger partial charge >= 0.3 is 5.97 Å². The van der Waals surface area contributed by atoms with E-state index < -0.39 is 5.97 Å². The molecule has 5 heteroatoms. The molecule has 1 N–H and O–H groups in total. The molecule has 0 spiro atoms. The van der Waals surface area contributed by atoms with Crippen LogP contribution in [-0.4, -0.2) is 24.3 Å². The summed E-state index contributed by atoms with van der Waals surface area (Å²) < 4.78 is 24.2. The molecule has 0 aliphatic rings. The third-order valence-electron chi connectivity index (χ3n) is 4.01. The Hall–Kier alpha value is -3.08. The van der Waals surface area contributed by atoms with Crippen molar-refractivity contribution in [3.05, 3.63) is 72.0 Å². The molecule has 4 nitrogen and oxygen atoms in total. The molecule has 0 atom stereocenters. The molecule has 26 heavy (non-hydrogen) atoms. The average molecular weight is 354 g/mol. The van der Waals surface area contributed by atoms with Gasteiger partial charge in [-0.05, 0) is 47.5 Å². The molecule has 0 saturated heterocycles. The molecular weight excluding hydrogens is 335 g/mol. The third kappa shape index (κ3) is 4.51. The molecule has 3 aromatic carbocycles. The van der Waals surface area contributed by atoms with Crippen LogP contribution < -0.4 is 9.47 Å². The van der Waals surface area contributed by atoms with Crippen LogP contribution in [0.3, 0.4) is 0 Å². The lowest BCUT2D eigenvalue weighted by atomic mass is 10.00. The molecule has 0 amide bonds. The van der Waals surface area contributed by atoms with Crippen LogP contribution in [0.15, 0.2) is 60.7 Å². The van der Waals surface area contributed by atoms with Crippen molar-refractivity contribution in [1.29, 1.82) is 0 Å². The molecule has 0 saturated carbocycles. The highest BCUT2D eigenvalue weighted by Gasteiger charge is 2.11.